The van der Waals surface area contributed by atoms with Gasteiger partial charge < -0.3 is 5.73 Å². The molecule has 0 spiro atoms. The summed E-state index contributed by atoms with van der Waals surface area (Å²) in [5.74, 6) is -0.923. The Hall–Kier alpha value is -1.14. The minimum absolute atomic E-state index is 0.215. The number of hydrogen-bond donors (Lipinski definition) is 2. The summed E-state index contributed by atoms with van der Waals surface area (Å²) < 4.78 is 57.5. The molecule has 4 nitrogen and oxygen atoms in total. The number of rotatable bonds is 2. The first kappa shape index (κ1) is 6.33. The molecule has 0 unspecified atom stereocenters. The van der Waals surface area contributed by atoms with Crippen LogP contribution in [0.2, 0.25) is 0 Å². The first-order chi connectivity index (χ1) is 7.12. The van der Waals surface area contributed by atoms with Crippen LogP contribution in [0.5, 0.6) is 0 Å². The molecule has 0 aliphatic carbocycles. The topological polar surface area (TPSA) is 72.2 Å². The SMILES string of the molecule is [2H]C([2H])([2H])NS(=O)(=O)c1ccc(N)c(F)c1. The lowest BCUT2D eigenvalue weighted by Gasteiger charge is -2.02. The van der Waals surface area contributed by atoms with Crippen molar-refractivity contribution in [2.45, 2.75) is 4.90 Å². The molecule has 1 aromatic rings. The van der Waals surface area contributed by atoms with Crippen LogP contribution in [0.3, 0.4) is 0 Å². The Bertz CT molecular complexity index is 501. The molecule has 0 aliphatic rings. The standard InChI is InChI=1S/C7H9FN2O2S/c1-10-13(11,12)5-2-3-7(9)6(8)4-5/h2-4,10H,9H2,1H3/i1D3. The molecule has 0 saturated heterocycles. The van der Waals surface area contributed by atoms with Gasteiger partial charge in [0.15, 0.2) is 0 Å². The molecule has 0 radical (unpaired) electrons. The van der Waals surface area contributed by atoms with Crippen molar-refractivity contribution >= 4 is 15.7 Å². The lowest BCUT2D eigenvalue weighted by Crippen LogP contribution is -2.18. The molecule has 0 amide bonds. The highest BCUT2D eigenvalue weighted by molar-refractivity contribution is 7.89. The second-order valence-corrected chi connectivity index (χ2v) is 3.97. The van der Waals surface area contributed by atoms with Crippen LogP contribution in [0.4, 0.5) is 10.1 Å². The number of benzene rings is 1. The van der Waals surface area contributed by atoms with Crippen LogP contribution in [0, 0.1) is 5.82 Å². The normalized spacial score (nSPS) is 15.9. The van der Waals surface area contributed by atoms with Gasteiger partial charge in [0.05, 0.1) is 10.6 Å². The average molecular weight is 207 g/mol. The van der Waals surface area contributed by atoms with Gasteiger partial charge in [-0.05, 0) is 25.2 Å². The summed E-state index contributed by atoms with van der Waals surface area (Å²) in [6, 6.07) is 2.72. The summed E-state index contributed by atoms with van der Waals surface area (Å²) in [4.78, 5) is -0.490. The van der Waals surface area contributed by atoms with E-state index in [-0.39, 0.29) is 5.69 Å². The lowest BCUT2D eigenvalue weighted by atomic mass is 10.3. The maximum absolute atomic E-state index is 13.0. The fourth-order valence-corrected chi connectivity index (χ4v) is 1.36. The van der Waals surface area contributed by atoms with Crippen LogP contribution in [-0.2, 0) is 10.0 Å². The van der Waals surface area contributed by atoms with E-state index < -0.39 is 27.7 Å². The number of halogens is 1. The van der Waals surface area contributed by atoms with E-state index in [0.29, 0.717) is 6.07 Å². The second-order valence-electron chi connectivity index (χ2n) is 2.29. The van der Waals surface area contributed by atoms with E-state index >= 15 is 0 Å². The molecule has 1 rings (SSSR count). The van der Waals surface area contributed by atoms with Gasteiger partial charge in [-0.15, -0.1) is 0 Å². The highest BCUT2D eigenvalue weighted by Gasteiger charge is 2.12. The fraction of sp³-hybridized carbons (Fsp3) is 0.143. The smallest absolute Gasteiger partial charge is 0.240 e. The third-order valence-electron chi connectivity index (χ3n) is 1.42. The molecule has 3 N–H and O–H groups in total. The Morgan fingerprint density at radius 1 is 1.62 bits per heavy atom. The van der Waals surface area contributed by atoms with E-state index in [4.69, 9.17) is 9.85 Å². The molecular weight excluding hydrogens is 195 g/mol. The maximum atomic E-state index is 13.0. The Labute approximate surface area is 79.8 Å². The van der Waals surface area contributed by atoms with E-state index in [1.54, 1.807) is 0 Å². The van der Waals surface area contributed by atoms with Crippen LogP contribution < -0.4 is 10.5 Å². The first-order valence-electron chi connectivity index (χ1n) is 4.71. The van der Waals surface area contributed by atoms with E-state index in [9.17, 15) is 12.8 Å². The van der Waals surface area contributed by atoms with Gasteiger partial charge in [-0.3, -0.25) is 0 Å². The van der Waals surface area contributed by atoms with Gasteiger partial charge in [0.2, 0.25) is 10.0 Å². The van der Waals surface area contributed by atoms with Crippen LogP contribution in [0.15, 0.2) is 23.1 Å². The summed E-state index contributed by atoms with van der Waals surface area (Å²) in [5.41, 5.74) is 4.94. The average Bonchev–Trinajstić information content (AvgIpc) is 2.05. The molecule has 0 bridgehead atoms. The van der Waals surface area contributed by atoms with Crippen molar-refractivity contribution in [3.05, 3.63) is 24.0 Å². The minimum Gasteiger partial charge on any atom is -0.396 e. The van der Waals surface area contributed by atoms with E-state index in [2.05, 4.69) is 0 Å². The Balaban J connectivity index is 3.13. The molecule has 0 aromatic heterocycles. The lowest BCUT2D eigenvalue weighted by molar-refractivity contribution is 0.584. The summed E-state index contributed by atoms with van der Waals surface area (Å²) in [7, 11) is -4.27. The van der Waals surface area contributed by atoms with Crippen LogP contribution in [0.25, 0.3) is 0 Å². The number of nitrogen functional groups attached to an aromatic ring is 1. The predicted octanol–water partition coefficient (Wildman–Crippen LogP) is 0.316. The Kier molecular flexibility index (Phi) is 1.61. The highest BCUT2D eigenvalue weighted by atomic mass is 32.2. The zero-order chi connectivity index (χ0) is 12.6. The van der Waals surface area contributed by atoms with Crippen molar-refractivity contribution < 1.29 is 16.9 Å². The van der Waals surface area contributed by atoms with E-state index in [0.717, 1.165) is 12.1 Å². The fourth-order valence-electron chi connectivity index (χ4n) is 0.734. The van der Waals surface area contributed by atoms with Crippen molar-refractivity contribution in [3.8, 4) is 0 Å². The number of anilines is 1. The van der Waals surface area contributed by atoms with Crippen LogP contribution in [0.1, 0.15) is 4.11 Å². The number of hydrogen-bond acceptors (Lipinski definition) is 3. The van der Waals surface area contributed by atoms with Crippen molar-refractivity contribution in [1.82, 2.24) is 4.72 Å². The zero-order valence-corrected chi connectivity index (χ0v) is 7.23. The first-order valence-corrected chi connectivity index (χ1v) is 4.69. The molecule has 13 heavy (non-hydrogen) atoms. The third-order valence-corrected chi connectivity index (χ3v) is 2.56. The highest BCUT2D eigenvalue weighted by Crippen LogP contribution is 2.15. The molecule has 6 heteroatoms. The van der Waals surface area contributed by atoms with Gasteiger partial charge in [0, 0.05) is 4.11 Å². The van der Waals surface area contributed by atoms with E-state index in [1.807, 2.05) is 0 Å². The molecule has 1 aromatic carbocycles. The predicted molar refractivity (Wildman–Crippen MR) is 47.1 cm³/mol. The van der Waals surface area contributed by atoms with Crippen LogP contribution >= 0.6 is 0 Å². The molecular formula is C7H9FN2O2S. The largest absolute Gasteiger partial charge is 0.396 e. The monoisotopic (exact) mass is 207 g/mol. The Morgan fingerprint density at radius 2 is 2.31 bits per heavy atom. The van der Waals surface area contributed by atoms with E-state index in [1.165, 1.54) is 4.72 Å². The number of nitrogens with one attached hydrogen (secondary N) is 1. The number of sulfonamides is 1. The van der Waals surface area contributed by atoms with Crippen molar-refractivity contribution in [3.63, 3.8) is 0 Å². The molecule has 72 valence electrons. The summed E-state index contributed by atoms with van der Waals surface area (Å²) in [6.45, 7) is -2.86. The van der Waals surface area contributed by atoms with Crippen molar-refractivity contribution in [1.29, 1.82) is 0 Å². The van der Waals surface area contributed by atoms with Gasteiger partial charge >= 0.3 is 0 Å². The van der Waals surface area contributed by atoms with Gasteiger partial charge in [-0.1, -0.05) is 0 Å². The molecule has 0 heterocycles. The second kappa shape index (κ2) is 3.31. The Morgan fingerprint density at radius 3 is 2.85 bits per heavy atom. The summed E-state index contributed by atoms with van der Waals surface area (Å²) in [6.07, 6.45) is 0. The van der Waals surface area contributed by atoms with Crippen molar-refractivity contribution in [2.24, 2.45) is 0 Å². The van der Waals surface area contributed by atoms with Crippen LogP contribution in [-0.4, -0.2) is 15.4 Å². The summed E-state index contributed by atoms with van der Waals surface area (Å²) >= 11 is 0. The van der Waals surface area contributed by atoms with Gasteiger partial charge in [0.1, 0.15) is 5.82 Å². The maximum Gasteiger partial charge on any atom is 0.240 e. The molecule has 0 saturated carbocycles. The number of nitrogens with two attached hydrogens (primary N) is 1. The molecule has 0 aliphatic heterocycles. The molecule has 0 atom stereocenters. The van der Waals surface area contributed by atoms with Gasteiger partial charge in [-0.2, -0.15) is 0 Å². The zero-order valence-electron chi connectivity index (χ0n) is 9.41. The van der Waals surface area contributed by atoms with Gasteiger partial charge in [0.25, 0.3) is 0 Å². The van der Waals surface area contributed by atoms with Gasteiger partial charge in [-0.25, -0.2) is 17.5 Å². The quantitative estimate of drug-likeness (QED) is 0.686. The minimum atomic E-state index is -4.27. The third kappa shape index (κ3) is 1.96. The van der Waals surface area contributed by atoms with Crippen molar-refractivity contribution in [2.75, 3.05) is 12.7 Å². The molecule has 0 fully saturated rings. The summed E-state index contributed by atoms with van der Waals surface area (Å²) in [5, 5.41) is 0.